The standard InChI is InChI=1S/C12H18F3N3O2/c1-3-5-18-7-9(6-17-18)10(11(19)20-4-2)16-8-12(13,14)15/h6-7,10,16H,3-5,8H2,1-2H3. The Kier molecular flexibility index (Phi) is 6.00. The van der Waals surface area contributed by atoms with Crippen molar-refractivity contribution in [1.82, 2.24) is 15.1 Å². The van der Waals surface area contributed by atoms with Gasteiger partial charge in [0.2, 0.25) is 0 Å². The van der Waals surface area contributed by atoms with Crippen molar-refractivity contribution in [2.45, 2.75) is 39.0 Å². The molecule has 1 unspecified atom stereocenters. The molecule has 0 aromatic carbocycles. The van der Waals surface area contributed by atoms with Gasteiger partial charge < -0.3 is 4.74 Å². The first-order chi connectivity index (χ1) is 9.37. The molecule has 1 aromatic heterocycles. The van der Waals surface area contributed by atoms with Gasteiger partial charge in [-0.3, -0.25) is 10.00 Å². The summed E-state index contributed by atoms with van der Waals surface area (Å²) in [5.74, 6) is -0.743. The number of alkyl halides is 3. The molecule has 1 N–H and O–H groups in total. The monoisotopic (exact) mass is 293 g/mol. The number of halogens is 3. The molecule has 8 heteroatoms. The van der Waals surface area contributed by atoms with Crippen LogP contribution in [0.1, 0.15) is 31.9 Å². The molecule has 0 amide bonds. The third-order valence-electron chi connectivity index (χ3n) is 2.47. The van der Waals surface area contributed by atoms with E-state index in [0.29, 0.717) is 12.1 Å². The fourth-order valence-corrected chi connectivity index (χ4v) is 1.66. The van der Waals surface area contributed by atoms with Crippen LogP contribution in [0.15, 0.2) is 12.4 Å². The summed E-state index contributed by atoms with van der Waals surface area (Å²) >= 11 is 0. The summed E-state index contributed by atoms with van der Waals surface area (Å²) in [7, 11) is 0. The van der Waals surface area contributed by atoms with Crippen molar-refractivity contribution in [3.63, 3.8) is 0 Å². The van der Waals surface area contributed by atoms with E-state index in [2.05, 4.69) is 10.4 Å². The number of aromatic nitrogens is 2. The summed E-state index contributed by atoms with van der Waals surface area (Å²) in [6.07, 6.45) is -0.638. The number of rotatable bonds is 7. The highest BCUT2D eigenvalue weighted by Crippen LogP contribution is 2.18. The molecule has 0 aliphatic carbocycles. The maximum absolute atomic E-state index is 12.3. The van der Waals surface area contributed by atoms with Gasteiger partial charge in [0, 0.05) is 18.3 Å². The van der Waals surface area contributed by atoms with E-state index in [-0.39, 0.29) is 6.61 Å². The van der Waals surface area contributed by atoms with Gasteiger partial charge in [0.15, 0.2) is 0 Å². The zero-order valence-electron chi connectivity index (χ0n) is 11.4. The van der Waals surface area contributed by atoms with Crippen LogP contribution in [0.2, 0.25) is 0 Å². The molecular weight excluding hydrogens is 275 g/mol. The van der Waals surface area contributed by atoms with E-state index in [1.165, 1.54) is 6.20 Å². The van der Waals surface area contributed by atoms with Gasteiger partial charge in [0.1, 0.15) is 6.04 Å². The predicted molar refractivity (Wildman–Crippen MR) is 65.9 cm³/mol. The minimum Gasteiger partial charge on any atom is -0.465 e. The van der Waals surface area contributed by atoms with Crippen molar-refractivity contribution in [3.05, 3.63) is 18.0 Å². The van der Waals surface area contributed by atoms with Crippen molar-refractivity contribution in [3.8, 4) is 0 Å². The van der Waals surface area contributed by atoms with E-state index in [9.17, 15) is 18.0 Å². The molecule has 0 fully saturated rings. The van der Waals surface area contributed by atoms with E-state index in [1.807, 2.05) is 6.92 Å². The normalized spacial score (nSPS) is 13.2. The van der Waals surface area contributed by atoms with E-state index >= 15 is 0 Å². The lowest BCUT2D eigenvalue weighted by atomic mass is 10.1. The van der Waals surface area contributed by atoms with Crippen LogP contribution in [0.3, 0.4) is 0 Å². The summed E-state index contributed by atoms with van der Waals surface area (Å²) in [6.45, 7) is 3.02. The Labute approximate surface area is 115 Å². The number of nitrogens with one attached hydrogen (secondary N) is 1. The van der Waals surface area contributed by atoms with Crippen LogP contribution < -0.4 is 5.32 Å². The Bertz CT molecular complexity index is 432. The van der Waals surface area contributed by atoms with Gasteiger partial charge in [-0.25, -0.2) is 4.79 Å². The molecular formula is C12H18F3N3O2. The second kappa shape index (κ2) is 7.28. The van der Waals surface area contributed by atoms with Crippen molar-refractivity contribution in [2.24, 2.45) is 0 Å². The van der Waals surface area contributed by atoms with Crippen LogP contribution in [0.5, 0.6) is 0 Å². The molecule has 1 atom stereocenters. The maximum Gasteiger partial charge on any atom is 0.401 e. The van der Waals surface area contributed by atoms with Gasteiger partial charge in [0.05, 0.1) is 19.3 Å². The molecule has 0 aliphatic heterocycles. The van der Waals surface area contributed by atoms with Gasteiger partial charge in [-0.05, 0) is 13.3 Å². The maximum atomic E-state index is 12.3. The number of aryl methyl sites for hydroxylation is 1. The van der Waals surface area contributed by atoms with Crippen LogP contribution >= 0.6 is 0 Å². The van der Waals surface area contributed by atoms with Crippen LogP contribution in [-0.4, -0.2) is 35.1 Å². The first-order valence-corrected chi connectivity index (χ1v) is 6.36. The van der Waals surface area contributed by atoms with Crippen LogP contribution in [-0.2, 0) is 16.1 Å². The number of ether oxygens (including phenoxy) is 1. The zero-order valence-corrected chi connectivity index (χ0v) is 11.4. The fraction of sp³-hybridized carbons (Fsp3) is 0.667. The van der Waals surface area contributed by atoms with Crippen molar-refractivity contribution < 1.29 is 22.7 Å². The third kappa shape index (κ3) is 5.20. The molecule has 0 aliphatic rings. The highest BCUT2D eigenvalue weighted by atomic mass is 19.4. The average Bonchev–Trinajstić information content (AvgIpc) is 2.77. The van der Waals surface area contributed by atoms with Crippen LogP contribution in [0.25, 0.3) is 0 Å². The Balaban J connectivity index is 2.82. The Morgan fingerprint density at radius 1 is 1.50 bits per heavy atom. The van der Waals surface area contributed by atoms with Crippen LogP contribution in [0.4, 0.5) is 13.2 Å². The van der Waals surface area contributed by atoms with Crippen LogP contribution in [0, 0.1) is 0 Å². The average molecular weight is 293 g/mol. The number of carbonyl (C=O) groups is 1. The quantitative estimate of drug-likeness (QED) is 0.782. The summed E-state index contributed by atoms with van der Waals surface area (Å²) in [6, 6.07) is -1.16. The first kappa shape index (κ1) is 16.5. The molecule has 0 radical (unpaired) electrons. The lowest BCUT2D eigenvalue weighted by molar-refractivity contribution is -0.149. The van der Waals surface area contributed by atoms with Crippen molar-refractivity contribution in [1.29, 1.82) is 0 Å². The molecule has 1 heterocycles. The molecule has 114 valence electrons. The highest BCUT2D eigenvalue weighted by molar-refractivity contribution is 5.77. The lowest BCUT2D eigenvalue weighted by Gasteiger charge is -2.17. The second-order valence-electron chi connectivity index (χ2n) is 4.22. The molecule has 0 bridgehead atoms. The van der Waals surface area contributed by atoms with E-state index < -0.39 is 24.7 Å². The minimum atomic E-state index is -4.40. The molecule has 1 aromatic rings. The Morgan fingerprint density at radius 2 is 2.20 bits per heavy atom. The van der Waals surface area contributed by atoms with E-state index in [1.54, 1.807) is 17.8 Å². The topological polar surface area (TPSA) is 56.2 Å². The molecule has 1 rings (SSSR count). The number of nitrogens with zero attached hydrogens (tertiary/aromatic N) is 2. The number of carbonyl (C=O) groups excluding carboxylic acids is 1. The lowest BCUT2D eigenvalue weighted by Crippen LogP contribution is -2.36. The highest BCUT2D eigenvalue weighted by Gasteiger charge is 2.31. The Hall–Kier alpha value is -1.57. The smallest absolute Gasteiger partial charge is 0.401 e. The SMILES string of the molecule is CCCn1cc(C(NCC(F)(F)F)C(=O)OCC)cn1. The van der Waals surface area contributed by atoms with Gasteiger partial charge in [-0.15, -0.1) is 0 Å². The van der Waals surface area contributed by atoms with Crippen molar-refractivity contribution >= 4 is 5.97 Å². The molecule has 0 saturated heterocycles. The summed E-state index contributed by atoms with van der Waals surface area (Å²) in [4.78, 5) is 11.7. The number of esters is 1. The first-order valence-electron chi connectivity index (χ1n) is 6.36. The summed E-state index contributed by atoms with van der Waals surface area (Å²) in [5.41, 5.74) is 0.362. The molecule has 0 spiro atoms. The van der Waals surface area contributed by atoms with Gasteiger partial charge >= 0.3 is 12.1 Å². The molecule has 0 saturated carbocycles. The predicted octanol–water partition coefficient (Wildman–Crippen LogP) is 2.05. The van der Waals surface area contributed by atoms with Gasteiger partial charge in [-0.2, -0.15) is 18.3 Å². The summed E-state index contributed by atoms with van der Waals surface area (Å²) < 4.78 is 43.2. The number of hydrogen-bond acceptors (Lipinski definition) is 4. The summed E-state index contributed by atoms with van der Waals surface area (Å²) in [5, 5.41) is 6.16. The van der Waals surface area contributed by atoms with Gasteiger partial charge in [0.25, 0.3) is 0 Å². The third-order valence-corrected chi connectivity index (χ3v) is 2.47. The zero-order chi connectivity index (χ0) is 15.2. The second-order valence-corrected chi connectivity index (χ2v) is 4.22. The fourth-order valence-electron chi connectivity index (χ4n) is 1.66. The minimum absolute atomic E-state index is 0.103. The van der Waals surface area contributed by atoms with E-state index in [0.717, 1.165) is 6.42 Å². The Morgan fingerprint density at radius 3 is 2.75 bits per heavy atom. The van der Waals surface area contributed by atoms with E-state index in [4.69, 9.17) is 4.74 Å². The molecule has 5 nitrogen and oxygen atoms in total. The van der Waals surface area contributed by atoms with Crippen molar-refractivity contribution in [2.75, 3.05) is 13.2 Å². The molecule has 20 heavy (non-hydrogen) atoms. The van der Waals surface area contributed by atoms with Gasteiger partial charge in [-0.1, -0.05) is 6.92 Å². The number of hydrogen-bond donors (Lipinski definition) is 1. The largest absolute Gasteiger partial charge is 0.465 e.